The number of carbonyl (C=O) groups is 1. The molecule has 8 heteroatoms. The van der Waals surface area contributed by atoms with Crippen molar-refractivity contribution in [2.45, 2.75) is 38.1 Å². The topological polar surface area (TPSA) is 109 Å². The lowest BCUT2D eigenvalue weighted by molar-refractivity contribution is -0.139. The second-order valence-corrected chi connectivity index (χ2v) is 9.73. The molecule has 4 atom stereocenters. The van der Waals surface area contributed by atoms with E-state index in [1.54, 1.807) is 13.2 Å². The summed E-state index contributed by atoms with van der Waals surface area (Å²) in [7, 11) is 1.57. The molecule has 3 aromatic rings. The Bertz CT molecular complexity index is 1320. The summed E-state index contributed by atoms with van der Waals surface area (Å²) in [4.78, 5) is 11.4. The first kappa shape index (κ1) is 25.7. The molecule has 0 saturated heterocycles. The van der Waals surface area contributed by atoms with E-state index in [0.717, 1.165) is 40.2 Å². The summed E-state index contributed by atoms with van der Waals surface area (Å²) in [6.45, 7) is 4.43. The number of aliphatic carboxylic acids is 1. The second kappa shape index (κ2) is 10.8. The van der Waals surface area contributed by atoms with Crippen molar-refractivity contribution in [1.82, 2.24) is 0 Å². The largest absolute Gasteiger partial charge is 0.497 e. The molecule has 5 rings (SSSR count). The van der Waals surface area contributed by atoms with E-state index in [1.807, 2.05) is 37.3 Å². The molecule has 1 heterocycles. The van der Waals surface area contributed by atoms with Gasteiger partial charge in [0.05, 0.1) is 13.7 Å². The van der Waals surface area contributed by atoms with Crippen LogP contribution < -0.4 is 29.4 Å². The van der Waals surface area contributed by atoms with Gasteiger partial charge in [0, 0.05) is 29.5 Å². The Kier molecular flexibility index (Phi) is 7.33. The third kappa shape index (κ3) is 4.84. The van der Waals surface area contributed by atoms with Crippen molar-refractivity contribution >= 4 is 5.97 Å². The van der Waals surface area contributed by atoms with Crippen LogP contribution in [0.15, 0.2) is 54.6 Å². The van der Waals surface area contributed by atoms with Crippen molar-refractivity contribution in [3.8, 4) is 28.7 Å². The fourth-order valence-corrected chi connectivity index (χ4v) is 5.68. The zero-order chi connectivity index (χ0) is 26.8. The van der Waals surface area contributed by atoms with Crippen LogP contribution in [0, 0.1) is 5.92 Å². The van der Waals surface area contributed by atoms with Crippen LogP contribution in [0.5, 0.6) is 28.7 Å². The number of fused-ring (bicyclic) bond motifs is 2. The molecule has 1 aliphatic heterocycles. The standard InChI is InChI=1S/C30H33NO7/c1-4-11-35-20-7-8-21-23(13-20)30(22-9-6-19(34-3)14-25(22)36-15-27(32)33)28(17(2)31)29(21)18-5-10-24-26(12-18)38-16-37-24/h5-10,12-14,17,28-30H,4,11,15-16,31H2,1-3H3,(H,32,33). The zero-order valence-corrected chi connectivity index (χ0v) is 21.8. The molecule has 0 fully saturated rings. The molecule has 38 heavy (non-hydrogen) atoms. The summed E-state index contributed by atoms with van der Waals surface area (Å²) in [5.74, 6) is 1.93. The van der Waals surface area contributed by atoms with Gasteiger partial charge in [0.25, 0.3) is 0 Å². The van der Waals surface area contributed by atoms with Crippen molar-refractivity contribution in [2.24, 2.45) is 11.7 Å². The van der Waals surface area contributed by atoms with Crippen LogP contribution in [0.4, 0.5) is 0 Å². The third-order valence-electron chi connectivity index (χ3n) is 7.24. The average molecular weight is 520 g/mol. The zero-order valence-electron chi connectivity index (χ0n) is 21.8. The molecule has 8 nitrogen and oxygen atoms in total. The minimum absolute atomic E-state index is 0.0425. The van der Waals surface area contributed by atoms with Gasteiger partial charge in [-0.05, 0) is 66.3 Å². The van der Waals surface area contributed by atoms with E-state index in [9.17, 15) is 9.90 Å². The normalized spacial score (nSPS) is 20.1. The number of hydrogen-bond donors (Lipinski definition) is 2. The number of methoxy groups -OCH3 is 1. The molecule has 3 N–H and O–H groups in total. The quantitative estimate of drug-likeness (QED) is 0.389. The van der Waals surface area contributed by atoms with E-state index in [4.69, 9.17) is 29.4 Å². The minimum Gasteiger partial charge on any atom is -0.497 e. The van der Waals surface area contributed by atoms with Crippen LogP contribution in [0.1, 0.15) is 54.4 Å². The SMILES string of the molecule is CCCOc1ccc2c(c1)C(c1ccc(OC)cc1OCC(=O)O)C(C(C)N)C2c1ccc2c(c1)OCO2. The Hall–Kier alpha value is -3.91. The van der Waals surface area contributed by atoms with Gasteiger partial charge in [-0.15, -0.1) is 0 Å². The minimum atomic E-state index is -1.05. The van der Waals surface area contributed by atoms with Crippen molar-refractivity contribution < 1.29 is 33.6 Å². The number of carboxylic acid groups (broad SMARTS) is 1. The van der Waals surface area contributed by atoms with Gasteiger partial charge in [0.2, 0.25) is 6.79 Å². The molecule has 1 aliphatic carbocycles. The smallest absolute Gasteiger partial charge is 0.341 e. The van der Waals surface area contributed by atoms with Gasteiger partial charge in [-0.25, -0.2) is 4.79 Å². The summed E-state index contributed by atoms with van der Waals surface area (Å²) in [6, 6.07) is 17.6. The highest BCUT2D eigenvalue weighted by molar-refractivity contribution is 5.69. The first-order chi connectivity index (χ1) is 18.4. The van der Waals surface area contributed by atoms with E-state index in [0.29, 0.717) is 23.9 Å². The van der Waals surface area contributed by atoms with Crippen molar-refractivity contribution in [2.75, 3.05) is 27.1 Å². The first-order valence-electron chi connectivity index (χ1n) is 12.9. The van der Waals surface area contributed by atoms with Gasteiger partial charge < -0.3 is 34.5 Å². The molecule has 200 valence electrons. The molecular weight excluding hydrogens is 486 g/mol. The van der Waals surface area contributed by atoms with Gasteiger partial charge in [0.1, 0.15) is 17.2 Å². The Morgan fingerprint density at radius 2 is 1.74 bits per heavy atom. The van der Waals surface area contributed by atoms with Crippen LogP contribution in [-0.4, -0.2) is 44.2 Å². The lowest BCUT2D eigenvalue weighted by atomic mass is 9.75. The van der Waals surface area contributed by atoms with Gasteiger partial charge in [0.15, 0.2) is 18.1 Å². The summed E-state index contributed by atoms with van der Waals surface area (Å²) >= 11 is 0. The molecule has 0 amide bonds. The number of nitrogens with two attached hydrogens (primary N) is 1. The Morgan fingerprint density at radius 3 is 2.47 bits per heavy atom. The summed E-state index contributed by atoms with van der Waals surface area (Å²) in [5, 5.41) is 9.33. The number of ether oxygens (including phenoxy) is 5. The van der Waals surface area contributed by atoms with Gasteiger partial charge in [-0.3, -0.25) is 0 Å². The summed E-state index contributed by atoms with van der Waals surface area (Å²) in [6.07, 6.45) is 0.897. The van der Waals surface area contributed by atoms with Gasteiger partial charge >= 0.3 is 5.97 Å². The van der Waals surface area contributed by atoms with Crippen LogP contribution >= 0.6 is 0 Å². The van der Waals surface area contributed by atoms with E-state index >= 15 is 0 Å². The summed E-state index contributed by atoms with van der Waals surface area (Å²) < 4.78 is 28.5. The molecule has 4 unspecified atom stereocenters. The highest BCUT2D eigenvalue weighted by atomic mass is 16.7. The molecule has 0 radical (unpaired) electrons. The van der Waals surface area contributed by atoms with Crippen molar-refractivity contribution in [1.29, 1.82) is 0 Å². The predicted molar refractivity (Wildman–Crippen MR) is 142 cm³/mol. The van der Waals surface area contributed by atoms with E-state index in [-0.39, 0.29) is 30.6 Å². The van der Waals surface area contributed by atoms with Crippen LogP contribution in [-0.2, 0) is 4.79 Å². The van der Waals surface area contributed by atoms with Crippen LogP contribution in [0.2, 0.25) is 0 Å². The molecule has 0 saturated carbocycles. The van der Waals surface area contributed by atoms with E-state index in [2.05, 4.69) is 25.1 Å². The maximum Gasteiger partial charge on any atom is 0.341 e. The highest BCUT2D eigenvalue weighted by Crippen LogP contribution is 2.56. The van der Waals surface area contributed by atoms with Gasteiger partial charge in [-0.2, -0.15) is 0 Å². The lowest BCUT2D eigenvalue weighted by Crippen LogP contribution is -2.33. The van der Waals surface area contributed by atoms with Crippen LogP contribution in [0.3, 0.4) is 0 Å². The van der Waals surface area contributed by atoms with E-state index < -0.39 is 12.6 Å². The fraction of sp³-hybridized carbons (Fsp3) is 0.367. The Labute approximate surface area is 222 Å². The van der Waals surface area contributed by atoms with Crippen molar-refractivity contribution in [3.63, 3.8) is 0 Å². The maximum atomic E-state index is 11.4. The number of benzene rings is 3. The molecule has 0 bridgehead atoms. The van der Waals surface area contributed by atoms with Crippen LogP contribution in [0.25, 0.3) is 0 Å². The number of rotatable bonds is 10. The molecule has 0 aromatic heterocycles. The first-order valence-corrected chi connectivity index (χ1v) is 12.9. The monoisotopic (exact) mass is 519 g/mol. The number of carboxylic acids is 1. The Balaban J connectivity index is 1.68. The van der Waals surface area contributed by atoms with E-state index in [1.165, 1.54) is 0 Å². The molecule has 0 spiro atoms. The number of hydrogen-bond acceptors (Lipinski definition) is 7. The molecule has 2 aliphatic rings. The highest BCUT2D eigenvalue weighted by Gasteiger charge is 2.45. The predicted octanol–water partition coefficient (Wildman–Crippen LogP) is 4.92. The molecule has 3 aromatic carbocycles. The lowest BCUT2D eigenvalue weighted by Gasteiger charge is -2.30. The fourth-order valence-electron chi connectivity index (χ4n) is 5.68. The Morgan fingerprint density at radius 1 is 0.974 bits per heavy atom. The van der Waals surface area contributed by atoms with Crippen molar-refractivity contribution in [3.05, 3.63) is 76.9 Å². The maximum absolute atomic E-state index is 11.4. The average Bonchev–Trinajstić information content (AvgIpc) is 3.52. The summed E-state index contributed by atoms with van der Waals surface area (Å²) in [5.41, 5.74) is 10.9. The molecular formula is C30H33NO7. The second-order valence-electron chi connectivity index (χ2n) is 9.73. The third-order valence-corrected chi connectivity index (χ3v) is 7.24. The van der Waals surface area contributed by atoms with Gasteiger partial charge in [-0.1, -0.05) is 25.1 Å².